The number of fused-ring (bicyclic) bond motifs is 7. The second-order valence-corrected chi connectivity index (χ2v) is 11.9. The Balaban J connectivity index is 1.79. The van der Waals surface area contributed by atoms with Gasteiger partial charge >= 0.3 is 5.97 Å². The van der Waals surface area contributed by atoms with Gasteiger partial charge in [0, 0.05) is 30.9 Å². The Morgan fingerprint density at radius 1 is 0.674 bits per heavy atom. The molecule has 10 nitrogen and oxygen atoms in total. The number of esters is 1. The Bertz CT molecular complexity index is 1870. The molecule has 0 aromatic heterocycles. The van der Waals surface area contributed by atoms with Crippen LogP contribution in [0.25, 0.3) is 32.7 Å². The normalized spacial score (nSPS) is 21.7. The van der Waals surface area contributed by atoms with Crippen LogP contribution in [-0.4, -0.2) is 64.7 Å². The lowest BCUT2D eigenvalue weighted by molar-refractivity contribution is -0.138. The number of aromatic hydroxyl groups is 2. The van der Waals surface area contributed by atoms with Crippen LogP contribution >= 0.6 is 0 Å². The highest BCUT2D eigenvalue weighted by Crippen LogP contribution is 2.55. The lowest BCUT2D eigenvalue weighted by Gasteiger charge is -2.30. The van der Waals surface area contributed by atoms with Crippen LogP contribution in [0, 0.1) is 0 Å². The van der Waals surface area contributed by atoms with Gasteiger partial charge in [-0.15, -0.1) is 0 Å². The highest BCUT2D eigenvalue weighted by molar-refractivity contribution is 6.13. The SMILES string of the molecule is COc1cc(OC)c2c(O)c3c(cc2c1)C[C@@](C)(O)CC(=O)Oc1c-3c(OC)cc2cc3c(c(O)c12)C(=O)C[C@@](C)(O)C3. The van der Waals surface area contributed by atoms with Gasteiger partial charge in [-0.1, -0.05) is 0 Å². The molecule has 0 saturated heterocycles. The summed E-state index contributed by atoms with van der Waals surface area (Å²) < 4.78 is 22.7. The minimum Gasteiger partial charge on any atom is -0.506 e. The summed E-state index contributed by atoms with van der Waals surface area (Å²) in [5, 5.41) is 46.9. The Morgan fingerprint density at radius 2 is 1.26 bits per heavy atom. The maximum absolute atomic E-state index is 13.3. The molecule has 0 radical (unpaired) electrons. The molecule has 224 valence electrons. The van der Waals surface area contributed by atoms with E-state index in [1.54, 1.807) is 37.3 Å². The van der Waals surface area contributed by atoms with E-state index >= 15 is 0 Å². The van der Waals surface area contributed by atoms with Crippen molar-refractivity contribution >= 4 is 33.3 Å². The predicted octanol–water partition coefficient (Wildman–Crippen LogP) is 4.58. The molecule has 0 fully saturated rings. The quantitative estimate of drug-likeness (QED) is 0.198. The van der Waals surface area contributed by atoms with Gasteiger partial charge in [0.1, 0.15) is 28.7 Å². The summed E-state index contributed by atoms with van der Waals surface area (Å²) in [6.45, 7) is 3.05. The summed E-state index contributed by atoms with van der Waals surface area (Å²) in [5.41, 5.74) is -1.58. The number of carbonyl (C=O) groups is 2. The Hall–Kier alpha value is -4.54. The zero-order valence-electron chi connectivity index (χ0n) is 24.5. The number of benzene rings is 4. The zero-order valence-corrected chi connectivity index (χ0v) is 24.5. The maximum Gasteiger partial charge on any atom is 0.314 e. The minimum atomic E-state index is -1.58. The molecular formula is C33H32O10. The van der Waals surface area contributed by atoms with Crippen molar-refractivity contribution in [2.75, 3.05) is 21.3 Å². The Labute approximate surface area is 247 Å². The van der Waals surface area contributed by atoms with Crippen LogP contribution in [0.4, 0.5) is 0 Å². The van der Waals surface area contributed by atoms with E-state index in [0.29, 0.717) is 38.8 Å². The fourth-order valence-corrected chi connectivity index (χ4v) is 6.55. The van der Waals surface area contributed by atoms with E-state index < -0.39 is 35.1 Å². The Morgan fingerprint density at radius 3 is 1.88 bits per heavy atom. The zero-order chi connectivity index (χ0) is 31.0. The van der Waals surface area contributed by atoms with E-state index in [1.807, 2.05) is 0 Å². The molecule has 43 heavy (non-hydrogen) atoms. The van der Waals surface area contributed by atoms with Gasteiger partial charge in [-0.25, -0.2) is 0 Å². The number of ether oxygens (including phenoxy) is 4. The first-order valence-electron chi connectivity index (χ1n) is 13.8. The number of aliphatic hydroxyl groups is 2. The number of phenolic OH excluding ortho intramolecular Hbond substituents is 2. The number of rotatable bonds is 3. The van der Waals surface area contributed by atoms with E-state index in [0.717, 1.165) is 0 Å². The molecule has 0 bridgehead atoms. The summed E-state index contributed by atoms with van der Waals surface area (Å²) in [5.74, 6) is -1.02. The summed E-state index contributed by atoms with van der Waals surface area (Å²) in [6.07, 6.45) is -0.527. The molecular weight excluding hydrogens is 556 g/mol. The lowest BCUT2D eigenvalue weighted by Crippen LogP contribution is -2.35. The second kappa shape index (κ2) is 9.75. The van der Waals surface area contributed by atoms with E-state index in [4.69, 9.17) is 18.9 Å². The number of Topliss-reactive ketones (excluding diaryl/α,β-unsaturated/α-hetero) is 1. The molecule has 1 aliphatic heterocycles. The van der Waals surface area contributed by atoms with Gasteiger partial charge in [-0.05, 0) is 60.0 Å². The molecule has 0 saturated carbocycles. The van der Waals surface area contributed by atoms with Gasteiger partial charge in [-0.2, -0.15) is 0 Å². The van der Waals surface area contributed by atoms with Crippen molar-refractivity contribution in [3.8, 4) is 45.6 Å². The van der Waals surface area contributed by atoms with Crippen molar-refractivity contribution in [3.63, 3.8) is 0 Å². The van der Waals surface area contributed by atoms with Gasteiger partial charge in [0.15, 0.2) is 11.5 Å². The first-order valence-corrected chi connectivity index (χ1v) is 13.8. The molecule has 1 aliphatic carbocycles. The van der Waals surface area contributed by atoms with E-state index in [2.05, 4.69) is 0 Å². The first-order chi connectivity index (χ1) is 20.3. The summed E-state index contributed by atoms with van der Waals surface area (Å²) in [6, 6.07) is 8.39. The molecule has 0 spiro atoms. The number of hydrogen-bond acceptors (Lipinski definition) is 10. The molecule has 0 amide bonds. The van der Waals surface area contributed by atoms with Crippen LogP contribution in [0.15, 0.2) is 30.3 Å². The van der Waals surface area contributed by atoms with Crippen LogP contribution < -0.4 is 18.9 Å². The Kier molecular flexibility index (Phi) is 6.48. The topological polar surface area (TPSA) is 152 Å². The third-order valence-corrected chi connectivity index (χ3v) is 8.26. The van der Waals surface area contributed by atoms with E-state index in [-0.39, 0.29) is 58.6 Å². The molecule has 6 rings (SSSR count). The van der Waals surface area contributed by atoms with E-state index in [1.165, 1.54) is 28.3 Å². The third kappa shape index (κ3) is 4.58. The summed E-state index contributed by atoms with van der Waals surface area (Å²) in [4.78, 5) is 26.5. The number of carbonyl (C=O) groups excluding carboxylic acids is 2. The number of phenols is 2. The van der Waals surface area contributed by atoms with Crippen LogP contribution in [0.5, 0.6) is 34.5 Å². The van der Waals surface area contributed by atoms with Crippen molar-refractivity contribution in [3.05, 3.63) is 47.0 Å². The van der Waals surface area contributed by atoms with Crippen molar-refractivity contribution in [1.82, 2.24) is 0 Å². The van der Waals surface area contributed by atoms with Gasteiger partial charge in [0.05, 0.1) is 60.9 Å². The maximum atomic E-state index is 13.3. The highest BCUT2D eigenvalue weighted by atomic mass is 16.5. The number of hydrogen-bond donors (Lipinski definition) is 4. The first kappa shape index (κ1) is 28.6. The fraction of sp³-hybridized carbons (Fsp3) is 0.333. The van der Waals surface area contributed by atoms with Crippen molar-refractivity contribution in [2.24, 2.45) is 0 Å². The standard InChI is InChI=1S/C33H32O10/c1-32(38)11-17-7-16-9-21(41-4)28-26-18(6-15-8-19(40-3)10-22(42-5)25(15)30(26)37)12-33(2,39)14-23(35)43-31(28)27(16)29(36)24(17)20(34)13-32/h6-10,36-39H,11-14H2,1-5H3/t32-,33+/m0/s1. The molecule has 4 N–H and O–H groups in total. The van der Waals surface area contributed by atoms with Gasteiger partial charge in [0.25, 0.3) is 0 Å². The highest BCUT2D eigenvalue weighted by Gasteiger charge is 2.39. The van der Waals surface area contributed by atoms with Crippen molar-refractivity contribution < 1.29 is 49.0 Å². The monoisotopic (exact) mass is 588 g/mol. The largest absolute Gasteiger partial charge is 0.506 e. The molecule has 1 heterocycles. The van der Waals surface area contributed by atoms with Gasteiger partial charge in [0.2, 0.25) is 0 Å². The number of methoxy groups -OCH3 is 3. The van der Waals surface area contributed by atoms with Crippen LogP contribution in [0.3, 0.4) is 0 Å². The third-order valence-electron chi connectivity index (χ3n) is 8.26. The minimum absolute atomic E-state index is 0.0334. The van der Waals surface area contributed by atoms with Crippen molar-refractivity contribution in [2.45, 2.75) is 50.7 Å². The van der Waals surface area contributed by atoms with Gasteiger partial charge in [-0.3, -0.25) is 9.59 Å². The number of ketones is 1. The summed E-state index contributed by atoms with van der Waals surface area (Å²) >= 11 is 0. The van der Waals surface area contributed by atoms with Crippen LogP contribution in [0.2, 0.25) is 0 Å². The molecule has 10 heteroatoms. The van der Waals surface area contributed by atoms with Crippen molar-refractivity contribution in [1.29, 1.82) is 0 Å². The molecule has 2 aliphatic rings. The molecule has 4 aromatic rings. The fourth-order valence-electron chi connectivity index (χ4n) is 6.55. The lowest BCUT2D eigenvalue weighted by atomic mass is 9.78. The molecule has 2 atom stereocenters. The second-order valence-electron chi connectivity index (χ2n) is 11.9. The predicted molar refractivity (Wildman–Crippen MR) is 158 cm³/mol. The van der Waals surface area contributed by atoms with E-state index in [9.17, 15) is 30.0 Å². The average Bonchev–Trinajstić information content (AvgIpc) is 2.94. The van der Waals surface area contributed by atoms with Crippen LogP contribution in [0.1, 0.15) is 48.2 Å². The molecule has 4 aromatic carbocycles. The smallest absolute Gasteiger partial charge is 0.314 e. The molecule has 0 unspecified atom stereocenters. The average molecular weight is 589 g/mol. The van der Waals surface area contributed by atoms with Gasteiger partial charge < -0.3 is 39.4 Å². The summed E-state index contributed by atoms with van der Waals surface area (Å²) in [7, 11) is 4.39. The van der Waals surface area contributed by atoms with Crippen LogP contribution in [-0.2, 0) is 17.6 Å².